The summed E-state index contributed by atoms with van der Waals surface area (Å²) in [6, 6.07) is 0.772. The zero-order valence-electron chi connectivity index (χ0n) is 8.85. The SMILES string of the molecule is CNc1nc(NC2(CO)CC2)c(F)cc1F. The van der Waals surface area contributed by atoms with E-state index in [1.807, 2.05) is 0 Å². The number of pyridine rings is 1. The topological polar surface area (TPSA) is 57.2 Å². The Kier molecular flexibility index (Phi) is 2.67. The van der Waals surface area contributed by atoms with Gasteiger partial charge in [-0.2, -0.15) is 0 Å². The molecule has 2 rings (SSSR count). The van der Waals surface area contributed by atoms with Gasteiger partial charge in [0.05, 0.1) is 12.1 Å². The van der Waals surface area contributed by atoms with Crippen LogP contribution in [0, 0.1) is 11.6 Å². The Bertz CT molecular complexity index is 407. The lowest BCUT2D eigenvalue weighted by Gasteiger charge is -2.16. The Morgan fingerprint density at radius 1 is 1.38 bits per heavy atom. The molecule has 0 bridgehead atoms. The quantitative estimate of drug-likeness (QED) is 0.729. The largest absolute Gasteiger partial charge is 0.394 e. The van der Waals surface area contributed by atoms with E-state index in [-0.39, 0.29) is 18.2 Å². The molecule has 0 spiro atoms. The van der Waals surface area contributed by atoms with Crippen molar-refractivity contribution in [1.29, 1.82) is 0 Å². The molecule has 0 saturated heterocycles. The highest BCUT2D eigenvalue weighted by Gasteiger charge is 2.43. The second-order valence-electron chi connectivity index (χ2n) is 3.96. The number of hydrogen-bond acceptors (Lipinski definition) is 4. The number of aliphatic hydroxyl groups excluding tert-OH is 1. The lowest BCUT2D eigenvalue weighted by atomic mass is 10.3. The van der Waals surface area contributed by atoms with E-state index in [1.54, 1.807) is 0 Å². The average Bonchev–Trinajstić information content (AvgIpc) is 3.03. The van der Waals surface area contributed by atoms with E-state index < -0.39 is 17.2 Å². The molecule has 0 atom stereocenters. The summed E-state index contributed by atoms with van der Waals surface area (Å²) in [6.07, 6.45) is 1.52. The van der Waals surface area contributed by atoms with Crippen molar-refractivity contribution in [3.8, 4) is 0 Å². The van der Waals surface area contributed by atoms with Gasteiger partial charge in [0.15, 0.2) is 23.3 Å². The summed E-state index contributed by atoms with van der Waals surface area (Å²) in [5.74, 6) is -1.54. The van der Waals surface area contributed by atoms with Crippen LogP contribution in [0.25, 0.3) is 0 Å². The Balaban J connectivity index is 2.26. The molecule has 1 saturated carbocycles. The average molecular weight is 229 g/mol. The van der Waals surface area contributed by atoms with Gasteiger partial charge >= 0.3 is 0 Å². The minimum absolute atomic E-state index is 0.0161. The van der Waals surface area contributed by atoms with E-state index in [0.717, 1.165) is 18.9 Å². The smallest absolute Gasteiger partial charge is 0.168 e. The van der Waals surface area contributed by atoms with Crippen LogP contribution in [-0.4, -0.2) is 29.3 Å². The van der Waals surface area contributed by atoms with Gasteiger partial charge in [-0.3, -0.25) is 0 Å². The van der Waals surface area contributed by atoms with Gasteiger partial charge in [0, 0.05) is 13.1 Å². The zero-order chi connectivity index (χ0) is 11.8. The lowest BCUT2D eigenvalue weighted by Crippen LogP contribution is -2.27. The van der Waals surface area contributed by atoms with Crippen molar-refractivity contribution in [3.05, 3.63) is 17.7 Å². The van der Waals surface area contributed by atoms with E-state index in [9.17, 15) is 8.78 Å². The Hall–Kier alpha value is -1.43. The normalized spacial score (nSPS) is 17.0. The Labute approximate surface area is 91.7 Å². The number of nitrogens with zero attached hydrogens (tertiary/aromatic N) is 1. The fourth-order valence-corrected chi connectivity index (χ4v) is 1.45. The number of aromatic nitrogens is 1. The standard InChI is InChI=1S/C10H13F2N3O/c1-13-8-6(11)4-7(12)9(14-8)15-10(5-16)2-3-10/h4,16H,2-3,5H2,1H3,(H2,13,14,15). The summed E-state index contributed by atoms with van der Waals surface area (Å²) < 4.78 is 26.5. The van der Waals surface area contributed by atoms with Gasteiger partial charge < -0.3 is 15.7 Å². The minimum atomic E-state index is -0.753. The van der Waals surface area contributed by atoms with Gasteiger partial charge in [0.2, 0.25) is 0 Å². The molecule has 1 heterocycles. The molecular formula is C10H13F2N3O. The van der Waals surface area contributed by atoms with Crippen molar-refractivity contribution in [2.75, 3.05) is 24.3 Å². The maximum atomic E-state index is 13.4. The Morgan fingerprint density at radius 2 is 2.00 bits per heavy atom. The summed E-state index contributed by atoms with van der Waals surface area (Å²) in [5.41, 5.74) is -0.476. The maximum Gasteiger partial charge on any atom is 0.168 e. The predicted molar refractivity (Wildman–Crippen MR) is 56.4 cm³/mol. The van der Waals surface area contributed by atoms with Crippen LogP contribution in [-0.2, 0) is 0 Å². The molecule has 0 amide bonds. The Morgan fingerprint density at radius 3 is 2.50 bits per heavy atom. The van der Waals surface area contributed by atoms with Crippen LogP contribution in [0.5, 0.6) is 0 Å². The summed E-state index contributed by atoms with van der Waals surface area (Å²) in [7, 11) is 1.51. The minimum Gasteiger partial charge on any atom is -0.394 e. The van der Waals surface area contributed by atoms with Crippen LogP contribution in [0.4, 0.5) is 20.4 Å². The highest BCUT2D eigenvalue weighted by Crippen LogP contribution is 2.38. The monoisotopic (exact) mass is 229 g/mol. The number of hydrogen-bond donors (Lipinski definition) is 3. The third-order valence-electron chi connectivity index (χ3n) is 2.71. The third-order valence-corrected chi connectivity index (χ3v) is 2.71. The van der Waals surface area contributed by atoms with E-state index in [2.05, 4.69) is 15.6 Å². The lowest BCUT2D eigenvalue weighted by molar-refractivity contribution is 0.265. The molecule has 88 valence electrons. The molecule has 1 fully saturated rings. The van der Waals surface area contributed by atoms with E-state index in [1.165, 1.54) is 7.05 Å². The molecule has 1 aromatic heterocycles. The highest BCUT2D eigenvalue weighted by molar-refractivity contribution is 5.49. The summed E-state index contributed by atoms with van der Waals surface area (Å²) in [5, 5.41) is 14.4. The van der Waals surface area contributed by atoms with Gasteiger partial charge in [0.1, 0.15) is 0 Å². The highest BCUT2D eigenvalue weighted by atomic mass is 19.1. The van der Waals surface area contributed by atoms with Crippen LogP contribution in [0.2, 0.25) is 0 Å². The first-order valence-corrected chi connectivity index (χ1v) is 5.03. The van der Waals surface area contributed by atoms with Gasteiger partial charge in [-0.25, -0.2) is 13.8 Å². The molecule has 0 aliphatic heterocycles. The molecule has 1 aliphatic rings. The number of aliphatic hydroxyl groups is 1. The van der Waals surface area contributed by atoms with Gasteiger partial charge in [-0.15, -0.1) is 0 Å². The fourth-order valence-electron chi connectivity index (χ4n) is 1.45. The van der Waals surface area contributed by atoms with E-state index in [4.69, 9.17) is 5.11 Å². The second-order valence-corrected chi connectivity index (χ2v) is 3.96. The first-order chi connectivity index (χ1) is 7.60. The van der Waals surface area contributed by atoms with Crippen molar-refractivity contribution in [2.24, 2.45) is 0 Å². The molecule has 0 unspecified atom stereocenters. The van der Waals surface area contributed by atoms with Crippen molar-refractivity contribution in [2.45, 2.75) is 18.4 Å². The zero-order valence-corrected chi connectivity index (χ0v) is 8.85. The molecule has 1 aromatic rings. The first-order valence-electron chi connectivity index (χ1n) is 5.03. The summed E-state index contributed by atoms with van der Waals surface area (Å²) in [4.78, 5) is 3.78. The van der Waals surface area contributed by atoms with Crippen LogP contribution < -0.4 is 10.6 Å². The molecule has 1 aliphatic carbocycles. The van der Waals surface area contributed by atoms with Gasteiger partial charge in [-0.1, -0.05) is 0 Å². The van der Waals surface area contributed by atoms with Crippen molar-refractivity contribution in [3.63, 3.8) is 0 Å². The molecule has 6 heteroatoms. The number of rotatable bonds is 4. The van der Waals surface area contributed by atoms with E-state index >= 15 is 0 Å². The van der Waals surface area contributed by atoms with Crippen LogP contribution in [0.15, 0.2) is 6.07 Å². The summed E-state index contributed by atoms with van der Waals surface area (Å²) in [6.45, 7) is -0.0830. The van der Waals surface area contributed by atoms with Crippen LogP contribution >= 0.6 is 0 Å². The number of nitrogens with one attached hydrogen (secondary N) is 2. The van der Waals surface area contributed by atoms with Crippen molar-refractivity contribution < 1.29 is 13.9 Å². The predicted octanol–water partition coefficient (Wildman–Crippen LogP) is 1.34. The number of anilines is 2. The van der Waals surface area contributed by atoms with Crippen molar-refractivity contribution in [1.82, 2.24) is 4.98 Å². The second kappa shape index (κ2) is 3.86. The first kappa shape index (κ1) is 11.1. The van der Waals surface area contributed by atoms with Crippen LogP contribution in [0.3, 0.4) is 0 Å². The van der Waals surface area contributed by atoms with E-state index in [0.29, 0.717) is 0 Å². The van der Waals surface area contributed by atoms with Crippen LogP contribution in [0.1, 0.15) is 12.8 Å². The van der Waals surface area contributed by atoms with Gasteiger partial charge in [0.25, 0.3) is 0 Å². The molecule has 0 aromatic carbocycles. The molecular weight excluding hydrogens is 216 g/mol. The molecule has 16 heavy (non-hydrogen) atoms. The van der Waals surface area contributed by atoms with Gasteiger partial charge in [-0.05, 0) is 12.8 Å². The molecule has 4 nitrogen and oxygen atoms in total. The maximum absolute atomic E-state index is 13.4. The van der Waals surface area contributed by atoms with Crippen molar-refractivity contribution >= 4 is 11.6 Å². The fraction of sp³-hybridized carbons (Fsp3) is 0.500. The number of halogens is 2. The third kappa shape index (κ3) is 1.92. The molecule has 3 N–H and O–H groups in total. The molecule has 0 radical (unpaired) electrons. The summed E-state index contributed by atoms with van der Waals surface area (Å²) >= 11 is 0.